The standard InChI is InChI=1S/C11H13N3O4S2/c1-6-9(10(18-12-6)7-3-4-7)14-20(15,16)8-5-19-13-11(8)17-2/h5,7,14H,3-4H2,1-2H3. The van der Waals surface area contributed by atoms with Crippen LogP contribution in [-0.2, 0) is 10.0 Å². The highest BCUT2D eigenvalue weighted by molar-refractivity contribution is 7.93. The van der Waals surface area contributed by atoms with Gasteiger partial charge in [-0.3, -0.25) is 4.72 Å². The summed E-state index contributed by atoms with van der Waals surface area (Å²) in [5, 5.41) is 5.27. The average Bonchev–Trinajstić information content (AvgIpc) is 3.01. The van der Waals surface area contributed by atoms with Gasteiger partial charge in [0, 0.05) is 11.3 Å². The largest absolute Gasteiger partial charge is 0.479 e. The summed E-state index contributed by atoms with van der Waals surface area (Å²) in [4.78, 5) is 0.0207. The minimum Gasteiger partial charge on any atom is -0.479 e. The van der Waals surface area contributed by atoms with Gasteiger partial charge in [0.15, 0.2) is 10.7 Å². The van der Waals surface area contributed by atoms with E-state index in [4.69, 9.17) is 9.26 Å². The number of rotatable bonds is 5. The van der Waals surface area contributed by atoms with Crippen molar-refractivity contribution in [1.29, 1.82) is 0 Å². The molecule has 0 bridgehead atoms. The van der Waals surface area contributed by atoms with Gasteiger partial charge in [-0.1, -0.05) is 5.16 Å². The number of hydrogen-bond donors (Lipinski definition) is 1. The van der Waals surface area contributed by atoms with Gasteiger partial charge in [0.25, 0.3) is 10.0 Å². The molecular formula is C11H13N3O4S2. The number of sulfonamides is 1. The van der Waals surface area contributed by atoms with Crippen LogP contribution in [-0.4, -0.2) is 25.1 Å². The van der Waals surface area contributed by atoms with E-state index < -0.39 is 10.0 Å². The molecule has 108 valence electrons. The molecule has 1 saturated carbocycles. The molecule has 2 aromatic heterocycles. The lowest BCUT2D eigenvalue weighted by Crippen LogP contribution is -2.14. The van der Waals surface area contributed by atoms with Gasteiger partial charge in [-0.2, -0.15) is 4.37 Å². The van der Waals surface area contributed by atoms with Crippen LogP contribution in [0.5, 0.6) is 5.88 Å². The zero-order chi connectivity index (χ0) is 14.3. The van der Waals surface area contributed by atoms with E-state index in [-0.39, 0.29) is 16.7 Å². The van der Waals surface area contributed by atoms with E-state index in [1.165, 1.54) is 12.5 Å². The Labute approximate surface area is 120 Å². The molecule has 0 radical (unpaired) electrons. The normalized spacial score (nSPS) is 15.3. The van der Waals surface area contributed by atoms with Crippen LogP contribution in [0.25, 0.3) is 0 Å². The Morgan fingerprint density at radius 3 is 2.90 bits per heavy atom. The van der Waals surface area contributed by atoms with Crippen LogP contribution < -0.4 is 9.46 Å². The number of ether oxygens (including phenoxy) is 1. The molecule has 3 rings (SSSR count). The number of aryl methyl sites for hydroxylation is 1. The van der Waals surface area contributed by atoms with Crippen molar-refractivity contribution in [1.82, 2.24) is 9.53 Å². The summed E-state index contributed by atoms with van der Waals surface area (Å²) in [7, 11) is -2.38. The van der Waals surface area contributed by atoms with Crippen LogP contribution in [0.1, 0.15) is 30.2 Å². The first-order valence-electron chi connectivity index (χ1n) is 6.00. The maximum absolute atomic E-state index is 12.4. The Hall–Kier alpha value is -1.61. The summed E-state index contributed by atoms with van der Waals surface area (Å²) in [6.45, 7) is 1.70. The summed E-state index contributed by atoms with van der Waals surface area (Å²) in [5.41, 5.74) is 0.957. The average molecular weight is 315 g/mol. The predicted molar refractivity (Wildman–Crippen MR) is 72.7 cm³/mol. The fourth-order valence-electron chi connectivity index (χ4n) is 1.86. The van der Waals surface area contributed by atoms with Crippen molar-refractivity contribution in [3.8, 4) is 5.88 Å². The van der Waals surface area contributed by atoms with Gasteiger partial charge >= 0.3 is 0 Å². The SMILES string of the molecule is COc1nscc1S(=O)(=O)Nc1c(C)noc1C1CC1. The molecule has 0 spiro atoms. The molecule has 0 saturated heterocycles. The van der Waals surface area contributed by atoms with Gasteiger partial charge in [-0.25, -0.2) is 8.42 Å². The molecule has 0 atom stereocenters. The summed E-state index contributed by atoms with van der Waals surface area (Å²) in [6.07, 6.45) is 1.99. The van der Waals surface area contributed by atoms with Crippen LogP contribution in [0, 0.1) is 6.92 Å². The lowest BCUT2D eigenvalue weighted by atomic mass is 10.2. The van der Waals surface area contributed by atoms with Crippen molar-refractivity contribution >= 4 is 27.2 Å². The van der Waals surface area contributed by atoms with Crippen molar-refractivity contribution in [2.45, 2.75) is 30.6 Å². The lowest BCUT2D eigenvalue weighted by Gasteiger charge is -2.07. The highest BCUT2D eigenvalue weighted by Gasteiger charge is 2.34. The first kappa shape index (κ1) is 13.4. The number of nitrogens with one attached hydrogen (secondary N) is 1. The summed E-state index contributed by atoms with van der Waals surface area (Å²) >= 11 is 1.02. The van der Waals surface area contributed by atoms with E-state index >= 15 is 0 Å². The van der Waals surface area contributed by atoms with Crippen molar-refractivity contribution in [2.24, 2.45) is 0 Å². The Kier molecular flexibility index (Phi) is 3.17. The maximum Gasteiger partial charge on any atom is 0.268 e. The molecule has 1 aliphatic rings. The quantitative estimate of drug-likeness (QED) is 0.908. The van der Waals surface area contributed by atoms with Gasteiger partial charge in [0.2, 0.25) is 5.88 Å². The van der Waals surface area contributed by atoms with Crippen LogP contribution in [0.3, 0.4) is 0 Å². The monoisotopic (exact) mass is 315 g/mol. The van der Waals surface area contributed by atoms with Gasteiger partial charge in [-0.15, -0.1) is 0 Å². The van der Waals surface area contributed by atoms with E-state index in [0.717, 1.165) is 24.4 Å². The third-order valence-electron chi connectivity index (χ3n) is 3.06. The highest BCUT2D eigenvalue weighted by Crippen LogP contribution is 2.45. The lowest BCUT2D eigenvalue weighted by molar-refractivity contribution is 0.381. The number of methoxy groups -OCH3 is 1. The summed E-state index contributed by atoms with van der Waals surface area (Å²) < 4.78 is 41.4. The van der Waals surface area contributed by atoms with Crippen LogP contribution >= 0.6 is 11.5 Å². The molecule has 9 heteroatoms. The second-order valence-electron chi connectivity index (χ2n) is 4.58. The maximum atomic E-state index is 12.4. The summed E-state index contributed by atoms with van der Waals surface area (Å²) in [6, 6.07) is 0. The van der Waals surface area contributed by atoms with Crippen LogP contribution in [0.2, 0.25) is 0 Å². The number of hydrogen-bond acceptors (Lipinski definition) is 7. The molecule has 1 N–H and O–H groups in total. The third-order valence-corrected chi connectivity index (χ3v) is 5.17. The molecule has 1 aliphatic carbocycles. The van der Waals surface area contributed by atoms with Crippen molar-refractivity contribution in [2.75, 3.05) is 11.8 Å². The van der Waals surface area contributed by atoms with Gasteiger partial charge < -0.3 is 9.26 Å². The van der Waals surface area contributed by atoms with Crippen LogP contribution in [0.15, 0.2) is 14.8 Å². The third kappa shape index (κ3) is 2.27. The molecule has 0 amide bonds. The topological polar surface area (TPSA) is 94.3 Å². The fourth-order valence-corrected chi connectivity index (χ4v) is 4.06. The minimum absolute atomic E-state index is 0.0207. The van der Waals surface area contributed by atoms with Crippen molar-refractivity contribution in [3.05, 3.63) is 16.8 Å². The molecular weight excluding hydrogens is 302 g/mol. The Morgan fingerprint density at radius 2 is 2.25 bits per heavy atom. The first-order chi connectivity index (χ1) is 9.53. The molecule has 0 unspecified atom stereocenters. The minimum atomic E-state index is -3.76. The van der Waals surface area contributed by atoms with E-state index in [2.05, 4.69) is 14.3 Å². The highest BCUT2D eigenvalue weighted by atomic mass is 32.2. The van der Waals surface area contributed by atoms with Gasteiger partial charge in [0.05, 0.1) is 7.11 Å². The van der Waals surface area contributed by atoms with Crippen molar-refractivity contribution < 1.29 is 17.7 Å². The first-order valence-corrected chi connectivity index (χ1v) is 8.32. The van der Waals surface area contributed by atoms with E-state index in [1.54, 1.807) is 6.92 Å². The molecule has 2 heterocycles. The summed E-state index contributed by atoms with van der Waals surface area (Å²) in [5.74, 6) is 0.953. The molecule has 0 aliphatic heterocycles. The molecule has 0 aromatic carbocycles. The Bertz CT molecular complexity index is 731. The van der Waals surface area contributed by atoms with Crippen LogP contribution in [0.4, 0.5) is 5.69 Å². The fraction of sp³-hybridized carbons (Fsp3) is 0.455. The van der Waals surface area contributed by atoms with Gasteiger partial charge in [0.1, 0.15) is 11.4 Å². The van der Waals surface area contributed by atoms with E-state index in [1.807, 2.05) is 0 Å². The van der Waals surface area contributed by atoms with E-state index in [9.17, 15) is 8.42 Å². The zero-order valence-electron chi connectivity index (χ0n) is 10.9. The van der Waals surface area contributed by atoms with Gasteiger partial charge in [-0.05, 0) is 31.3 Å². The number of anilines is 1. The number of nitrogens with zero attached hydrogens (tertiary/aromatic N) is 2. The zero-order valence-corrected chi connectivity index (χ0v) is 12.5. The second kappa shape index (κ2) is 4.74. The second-order valence-corrected chi connectivity index (χ2v) is 6.86. The molecule has 1 fully saturated rings. The Morgan fingerprint density at radius 1 is 1.50 bits per heavy atom. The predicted octanol–water partition coefficient (Wildman–Crippen LogP) is 2.13. The molecule has 2 aromatic rings. The Balaban J connectivity index is 1.96. The number of aromatic nitrogens is 2. The van der Waals surface area contributed by atoms with E-state index in [0.29, 0.717) is 17.1 Å². The molecule has 7 nitrogen and oxygen atoms in total. The van der Waals surface area contributed by atoms with Crippen molar-refractivity contribution in [3.63, 3.8) is 0 Å². The molecule has 20 heavy (non-hydrogen) atoms. The smallest absolute Gasteiger partial charge is 0.268 e.